The monoisotopic (exact) mass is 293 g/mol. The van der Waals surface area contributed by atoms with Gasteiger partial charge in [0.05, 0.1) is 5.56 Å². The van der Waals surface area contributed by atoms with Crippen molar-refractivity contribution < 1.29 is 9.60 Å². The Morgan fingerprint density at radius 3 is 2.76 bits per heavy atom. The molecule has 116 valence electrons. The van der Waals surface area contributed by atoms with Gasteiger partial charge in [-0.1, -0.05) is 36.6 Å². The topological polar surface area (TPSA) is 61.8 Å². The van der Waals surface area contributed by atoms with Crippen LogP contribution in [-0.2, 0) is 6.54 Å². The van der Waals surface area contributed by atoms with E-state index in [1.807, 2.05) is 7.05 Å². The Hall–Kier alpha value is -1.62. The van der Waals surface area contributed by atoms with E-state index in [9.17, 15) is 4.39 Å². The van der Waals surface area contributed by atoms with Crippen molar-refractivity contribution in [3.8, 4) is 0 Å². The molecule has 0 spiro atoms. The zero-order valence-electron chi connectivity index (χ0n) is 12.6. The maximum absolute atomic E-state index is 14.4. The third-order valence-electron chi connectivity index (χ3n) is 4.20. The summed E-state index contributed by atoms with van der Waals surface area (Å²) in [5.74, 6) is 0.131. The summed E-state index contributed by atoms with van der Waals surface area (Å²) < 4.78 is 14.4. The lowest BCUT2D eigenvalue weighted by Crippen LogP contribution is -2.27. The second-order valence-electron chi connectivity index (χ2n) is 5.96. The number of hydrogen-bond donors (Lipinski definition) is 2. The number of benzene rings is 1. The van der Waals surface area contributed by atoms with Gasteiger partial charge in [0.2, 0.25) is 0 Å². The Kier molecular flexibility index (Phi) is 5.56. The normalized spacial score (nSPS) is 17.4. The molecule has 1 fully saturated rings. The average molecular weight is 293 g/mol. The van der Waals surface area contributed by atoms with Crippen LogP contribution in [0.5, 0.6) is 0 Å². The summed E-state index contributed by atoms with van der Waals surface area (Å²) in [7, 11) is 2.02. The number of rotatable bonds is 5. The Morgan fingerprint density at radius 2 is 2.10 bits per heavy atom. The van der Waals surface area contributed by atoms with Gasteiger partial charge in [0, 0.05) is 18.7 Å². The molecule has 1 aromatic carbocycles. The highest BCUT2D eigenvalue weighted by molar-refractivity contribution is 5.97. The fourth-order valence-corrected chi connectivity index (χ4v) is 3.12. The molecule has 1 aliphatic rings. The summed E-state index contributed by atoms with van der Waals surface area (Å²) in [4.78, 5) is 2.16. The molecule has 4 nitrogen and oxygen atoms in total. The minimum absolute atomic E-state index is 0.154. The molecule has 1 aromatic rings. The van der Waals surface area contributed by atoms with Crippen molar-refractivity contribution in [2.75, 3.05) is 13.6 Å². The zero-order valence-corrected chi connectivity index (χ0v) is 12.6. The molecular weight excluding hydrogens is 269 g/mol. The van der Waals surface area contributed by atoms with Gasteiger partial charge in [0.1, 0.15) is 5.82 Å². The SMILES string of the molecule is CN(Cc1cccc(/C(N)=N/O)c1F)CC1CCCCC1. The number of nitrogens with two attached hydrogens (primary N) is 1. The zero-order chi connectivity index (χ0) is 15.2. The lowest BCUT2D eigenvalue weighted by atomic mass is 9.89. The van der Waals surface area contributed by atoms with E-state index in [2.05, 4.69) is 10.1 Å². The van der Waals surface area contributed by atoms with E-state index in [0.717, 1.165) is 12.5 Å². The van der Waals surface area contributed by atoms with E-state index in [1.165, 1.54) is 38.2 Å². The molecule has 0 aliphatic heterocycles. The second-order valence-corrected chi connectivity index (χ2v) is 5.96. The fourth-order valence-electron chi connectivity index (χ4n) is 3.12. The summed E-state index contributed by atoms with van der Waals surface area (Å²) in [6, 6.07) is 5.01. The Bertz CT molecular complexity index is 498. The quantitative estimate of drug-likeness (QED) is 0.380. The maximum Gasteiger partial charge on any atom is 0.173 e. The van der Waals surface area contributed by atoms with Gasteiger partial charge in [0.25, 0.3) is 0 Å². The predicted octanol–water partition coefficient (Wildman–Crippen LogP) is 2.93. The first-order valence-electron chi connectivity index (χ1n) is 7.55. The molecule has 0 unspecified atom stereocenters. The average Bonchev–Trinajstić information content (AvgIpc) is 2.49. The van der Waals surface area contributed by atoms with Crippen LogP contribution in [0.15, 0.2) is 23.4 Å². The number of nitrogens with zero attached hydrogens (tertiary/aromatic N) is 2. The van der Waals surface area contributed by atoms with Crippen LogP contribution >= 0.6 is 0 Å². The number of amidine groups is 1. The Balaban J connectivity index is 2.01. The summed E-state index contributed by atoms with van der Waals surface area (Å²) in [6.07, 6.45) is 6.52. The highest BCUT2D eigenvalue weighted by Crippen LogP contribution is 2.25. The number of oxime groups is 1. The van der Waals surface area contributed by atoms with Crippen LogP contribution in [0.25, 0.3) is 0 Å². The van der Waals surface area contributed by atoms with Gasteiger partial charge in [-0.3, -0.25) is 0 Å². The molecule has 1 saturated carbocycles. The molecule has 0 amide bonds. The molecule has 0 saturated heterocycles. The van der Waals surface area contributed by atoms with Crippen molar-refractivity contribution in [3.63, 3.8) is 0 Å². The van der Waals surface area contributed by atoms with Crippen LogP contribution in [0.3, 0.4) is 0 Å². The smallest absolute Gasteiger partial charge is 0.173 e. The maximum atomic E-state index is 14.4. The van der Waals surface area contributed by atoms with Gasteiger partial charge in [0.15, 0.2) is 5.84 Å². The molecule has 0 radical (unpaired) electrons. The lowest BCUT2D eigenvalue weighted by molar-refractivity contribution is 0.226. The molecule has 0 atom stereocenters. The van der Waals surface area contributed by atoms with Gasteiger partial charge in [-0.25, -0.2) is 4.39 Å². The number of hydrogen-bond acceptors (Lipinski definition) is 3. The summed E-state index contributed by atoms with van der Waals surface area (Å²) in [5.41, 5.74) is 6.23. The van der Waals surface area contributed by atoms with Gasteiger partial charge in [-0.15, -0.1) is 0 Å². The molecule has 1 aliphatic carbocycles. The van der Waals surface area contributed by atoms with Gasteiger partial charge in [-0.2, -0.15) is 0 Å². The van der Waals surface area contributed by atoms with Crippen molar-refractivity contribution in [2.45, 2.75) is 38.6 Å². The Morgan fingerprint density at radius 1 is 1.38 bits per heavy atom. The third kappa shape index (κ3) is 4.17. The summed E-state index contributed by atoms with van der Waals surface area (Å²) in [6.45, 7) is 1.53. The number of halogens is 1. The van der Waals surface area contributed by atoms with Crippen molar-refractivity contribution in [1.29, 1.82) is 0 Å². The molecule has 21 heavy (non-hydrogen) atoms. The molecule has 5 heteroatoms. The van der Waals surface area contributed by atoms with Crippen LogP contribution in [0.1, 0.15) is 43.2 Å². The summed E-state index contributed by atoms with van der Waals surface area (Å²) in [5, 5.41) is 11.6. The van der Waals surface area contributed by atoms with Crippen LogP contribution in [0.4, 0.5) is 4.39 Å². The van der Waals surface area contributed by atoms with E-state index < -0.39 is 5.82 Å². The van der Waals surface area contributed by atoms with Gasteiger partial charge >= 0.3 is 0 Å². The van der Waals surface area contributed by atoms with Gasteiger partial charge < -0.3 is 15.8 Å². The second kappa shape index (κ2) is 7.41. The molecule has 3 N–H and O–H groups in total. The van der Waals surface area contributed by atoms with Crippen molar-refractivity contribution in [1.82, 2.24) is 4.90 Å². The largest absolute Gasteiger partial charge is 0.409 e. The van der Waals surface area contributed by atoms with Crippen LogP contribution in [-0.4, -0.2) is 29.5 Å². The predicted molar refractivity (Wildman–Crippen MR) is 81.8 cm³/mol. The van der Waals surface area contributed by atoms with E-state index in [1.54, 1.807) is 12.1 Å². The highest BCUT2D eigenvalue weighted by Gasteiger charge is 2.17. The minimum atomic E-state index is -0.400. The minimum Gasteiger partial charge on any atom is -0.409 e. The molecule has 0 heterocycles. The van der Waals surface area contributed by atoms with E-state index in [4.69, 9.17) is 10.9 Å². The van der Waals surface area contributed by atoms with Crippen molar-refractivity contribution in [2.24, 2.45) is 16.8 Å². The standard InChI is InChI=1S/C16H24FN3O/c1-20(10-12-6-3-2-4-7-12)11-13-8-5-9-14(15(13)17)16(18)19-21/h5,8-9,12,21H,2-4,6-7,10-11H2,1H3,(H2,18,19). The third-order valence-corrected chi connectivity index (χ3v) is 4.20. The lowest BCUT2D eigenvalue weighted by Gasteiger charge is -2.27. The van der Waals surface area contributed by atoms with Crippen LogP contribution in [0.2, 0.25) is 0 Å². The molecular formula is C16H24FN3O. The Labute approximate surface area is 125 Å². The first-order chi connectivity index (χ1) is 10.1. The molecule has 0 bridgehead atoms. The highest BCUT2D eigenvalue weighted by atomic mass is 19.1. The van der Waals surface area contributed by atoms with Crippen LogP contribution in [0, 0.1) is 11.7 Å². The molecule has 0 aromatic heterocycles. The molecule has 2 rings (SSSR count). The van der Waals surface area contributed by atoms with E-state index >= 15 is 0 Å². The van der Waals surface area contributed by atoms with Crippen molar-refractivity contribution >= 4 is 5.84 Å². The first-order valence-corrected chi connectivity index (χ1v) is 7.55. The van der Waals surface area contributed by atoms with E-state index in [0.29, 0.717) is 12.1 Å². The fraction of sp³-hybridized carbons (Fsp3) is 0.562. The summed E-state index contributed by atoms with van der Waals surface area (Å²) >= 11 is 0. The van der Waals surface area contributed by atoms with Crippen molar-refractivity contribution in [3.05, 3.63) is 35.1 Å². The van der Waals surface area contributed by atoms with Crippen LogP contribution < -0.4 is 5.73 Å². The first kappa shape index (κ1) is 15.8. The van der Waals surface area contributed by atoms with Gasteiger partial charge in [-0.05, 0) is 31.9 Å². The van der Waals surface area contributed by atoms with E-state index in [-0.39, 0.29) is 11.4 Å².